The van der Waals surface area contributed by atoms with Gasteiger partial charge in [-0.15, -0.1) is 0 Å². The third kappa shape index (κ3) is 10.8. The van der Waals surface area contributed by atoms with Gasteiger partial charge in [0.25, 0.3) is 0 Å². The molecule has 4 rings (SSSR count). The van der Waals surface area contributed by atoms with Gasteiger partial charge >= 0.3 is 24.3 Å². The maximum absolute atomic E-state index is 10.6. The average Bonchev–Trinajstić information content (AvgIpc) is 3.27. The number of aliphatic carboxylic acids is 2. The predicted molar refractivity (Wildman–Crippen MR) is 124 cm³/mol. The van der Waals surface area contributed by atoms with Gasteiger partial charge in [-0.25, -0.2) is 19.6 Å². The molecule has 4 heterocycles. The lowest BCUT2D eigenvalue weighted by molar-refractivity contribution is -0.193. The van der Waals surface area contributed by atoms with Gasteiger partial charge in [-0.2, -0.15) is 26.3 Å². The van der Waals surface area contributed by atoms with Crippen molar-refractivity contribution in [2.75, 3.05) is 51.4 Å². The summed E-state index contributed by atoms with van der Waals surface area (Å²) in [6.45, 7) is 6.14. The monoisotopic (exact) mass is 574 g/mol. The van der Waals surface area contributed by atoms with E-state index >= 15 is 0 Å². The Labute approximate surface area is 220 Å². The smallest absolute Gasteiger partial charge is 0.475 e. The maximum atomic E-state index is 10.6. The van der Waals surface area contributed by atoms with E-state index in [2.05, 4.69) is 26.8 Å². The molecule has 16 heteroatoms. The Balaban J connectivity index is 0.000000317. The summed E-state index contributed by atoms with van der Waals surface area (Å²) in [5, 5.41) is 14.2. The number of hydrogen-bond acceptors (Lipinski definition) is 8. The van der Waals surface area contributed by atoms with Crippen molar-refractivity contribution in [1.29, 1.82) is 0 Å². The molecule has 0 amide bonds. The van der Waals surface area contributed by atoms with Gasteiger partial charge in [-0.1, -0.05) is 0 Å². The van der Waals surface area contributed by atoms with Crippen LogP contribution >= 0.6 is 0 Å². The number of halogens is 6. The highest BCUT2D eigenvalue weighted by molar-refractivity contribution is 5.73. The summed E-state index contributed by atoms with van der Waals surface area (Å²) in [4.78, 5) is 31.4. The van der Waals surface area contributed by atoms with E-state index in [1.807, 2.05) is 6.07 Å². The number of nitrogens with zero attached hydrogens (tertiary/aromatic N) is 4. The van der Waals surface area contributed by atoms with Crippen molar-refractivity contribution in [2.24, 2.45) is 5.92 Å². The minimum atomic E-state index is -5.08. The number of rotatable bonds is 4. The van der Waals surface area contributed by atoms with Crippen molar-refractivity contribution in [3.8, 4) is 0 Å². The number of ether oxygens (including phenoxy) is 2. The van der Waals surface area contributed by atoms with Gasteiger partial charge in [0.1, 0.15) is 0 Å². The van der Waals surface area contributed by atoms with Crippen molar-refractivity contribution in [3.05, 3.63) is 18.5 Å². The lowest BCUT2D eigenvalue weighted by Gasteiger charge is -2.41. The quantitative estimate of drug-likeness (QED) is 0.518. The van der Waals surface area contributed by atoms with Crippen molar-refractivity contribution >= 4 is 17.9 Å². The van der Waals surface area contributed by atoms with E-state index in [9.17, 15) is 26.3 Å². The van der Waals surface area contributed by atoms with Crippen molar-refractivity contribution in [1.82, 2.24) is 14.9 Å². The van der Waals surface area contributed by atoms with Crippen LogP contribution < -0.4 is 4.90 Å². The number of carboxylic acid groups (broad SMARTS) is 2. The summed E-state index contributed by atoms with van der Waals surface area (Å²) in [5.74, 6) is -3.93. The third-order valence-electron chi connectivity index (χ3n) is 6.57. The van der Waals surface area contributed by atoms with Crippen LogP contribution in [-0.4, -0.2) is 108 Å². The van der Waals surface area contributed by atoms with E-state index in [1.165, 1.54) is 38.8 Å². The predicted octanol–water partition coefficient (Wildman–Crippen LogP) is 3.23. The molecule has 10 nitrogen and oxygen atoms in total. The van der Waals surface area contributed by atoms with Crippen LogP contribution in [0, 0.1) is 5.92 Å². The number of likely N-dealkylation sites (tertiary alicyclic amines) is 1. The molecule has 0 aromatic carbocycles. The Morgan fingerprint density at radius 3 is 2.13 bits per heavy atom. The van der Waals surface area contributed by atoms with Gasteiger partial charge in [-0.3, -0.25) is 0 Å². The highest BCUT2D eigenvalue weighted by atomic mass is 19.4. The molecule has 0 aliphatic carbocycles. The van der Waals surface area contributed by atoms with Crippen LogP contribution in [0.4, 0.5) is 32.3 Å². The van der Waals surface area contributed by atoms with E-state index in [1.54, 1.807) is 12.4 Å². The normalized spacial score (nSPS) is 24.2. The first-order valence-electron chi connectivity index (χ1n) is 12.2. The number of aromatic nitrogens is 2. The lowest BCUT2D eigenvalue weighted by atomic mass is 9.87. The number of hydrogen-bond donors (Lipinski definition) is 2. The molecule has 3 saturated heterocycles. The first kappa shape index (κ1) is 32.5. The Hall–Kier alpha value is -2.72. The molecule has 0 radical (unpaired) electrons. The van der Waals surface area contributed by atoms with Gasteiger partial charge in [0, 0.05) is 52.2 Å². The van der Waals surface area contributed by atoms with Gasteiger partial charge in [-0.05, 0) is 44.2 Å². The molecule has 222 valence electrons. The minimum absolute atomic E-state index is 0.0249. The zero-order valence-corrected chi connectivity index (χ0v) is 21.2. The first-order chi connectivity index (χ1) is 18.1. The summed E-state index contributed by atoms with van der Waals surface area (Å²) >= 11 is 0. The van der Waals surface area contributed by atoms with E-state index < -0.39 is 24.3 Å². The van der Waals surface area contributed by atoms with E-state index in [-0.39, 0.29) is 5.60 Å². The third-order valence-corrected chi connectivity index (χ3v) is 6.57. The van der Waals surface area contributed by atoms with E-state index in [0.717, 1.165) is 44.7 Å². The average molecular weight is 575 g/mol. The maximum Gasteiger partial charge on any atom is 0.490 e. The number of likely N-dealkylation sites (N-methyl/N-ethyl adjacent to an activating group) is 1. The van der Waals surface area contributed by atoms with Gasteiger partial charge in [0.05, 0.1) is 18.2 Å². The molecule has 2 N–H and O–H groups in total. The Morgan fingerprint density at radius 2 is 1.62 bits per heavy atom. The zero-order chi connectivity index (χ0) is 29.3. The Kier molecular flexibility index (Phi) is 11.7. The summed E-state index contributed by atoms with van der Waals surface area (Å²) in [6, 6.07) is 2.23. The molecule has 1 spiro atoms. The van der Waals surface area contributed by atoms with Gasteiger partial charge in [0.2, 0.25) is 5.95 Å². The number of carboxylic acids is 2. The number of alkyl halides is 6. The standard InChI is InChI=1S/C19H30N4O2.2C2HF3O2/c1-22(18-20-7-3-8-21-18)17-12-19(25-14-17)6-2-9-23(15-19)13-16-4-10-24-11-5-16;2*3-2(4,5)1(6)7/h3,7-8,16-17H,2,4-6,9-15H2,1H3;2*(H,6,7). The molecule has 2 unspecified atom stereocenters. The van der Waals surface area contributed by atoms with Crippen LogP contribution in [0.1, 0.15) is 32.1 Å². The molecule has 3 aliphatic rings. The summed E-state index contributed by atoms with van der Waals surface area (Å²) in [6.07, 6.45) is -0.645. The number of carbonyl (C=O) groups is 2. The second kappa shape index (κ2) is 14.1. The minimum Gasteiger partial charge on any atom is -0.475 e. The first-order valence-corrected chi connectivity index (χ1v) is 12.2. The lowest BCUT2D eigenvalue weighted by Crippen LogP contribution is -2.50. The second-order valence-corrected chi connectivity index (χ2v) is 9.51. The van der Waals surface area contributed by atoms with Crippen LogP contribution in [-0.2, 0) is 19.1 Å². The summed E-state index contributed by atoms with van der Waals surface area (Å²) < 4.78 is 75.4. The molecule has 0 saturated carbocycles. The second-order valence-electron chi connectivity index (χ2n) is 9.51. The highest BCUT2D eigenvalue weighted by Gasteiger charge is 2.45. The number of piperidine rings is 1. The van der Waals surface area contributed by atoms with Crippen LogP contribution in [0.3, 0.4) is 0 Å². The zero-order valence-electron chi connectivity index (χ0n) is 21.2. The SMILES string of the molecule is CN(c1ncccn1)C1COC2(CCCN(CC3CCOCC3)C2)C1.O=C(O)C(F)(F)F.O=C(O)C(F)(F)F. The topological polar surface area (TPSA) is 125 Å². The highest BCUT2D eigenvalue weighted by Crippen LogP contribution is 2.37. The van der Waals surface area contributed by atoms with Crippen molar-refractivity contribution < 1.29 is 55.6 Å². The fourth-order valence-corrected chi connectivity index (χ4v) is 4.63. The number of anilines is 1. The van der Waals surface area contributed by atoms with Gasteiger partial charge < -0.3 is 29.5 Å². The van der Waals surface area contributed by atoms with Crippen molar-refractivity contribution in [3.63, 3.8) is 0 Å². The molecule has 3 fully saturated rings. The summed E-state index contributed by atoms with van der Waals surface area (Å²) in [7, 11) is 2.09. The molecule has 39 heavy (non-hydrogen) atoms. The molecule has 0 bridgehead atoms. The largest absolute Gasteiger partial charge is 0.490 e. The molecular weight excluding hydrogens is 542 g/mol. The van der Waals surface area contributed by atoms with Crippen LogP contribution in [0.2, 0.25) is 0 Å². The molecule has 1 aromatic heterocycles. The Morgan fingerprint density at radius 1 is 1.08 bits per heavy atom. The molecular formula is C23H32F6N4O6. The fourth-order valence-electron chi connectivity index (χ4n) is 4.63. The van der Waals surface area contributed by atoms with Crippen molar-refractivity contribution in [2.45, 2.75) is 56.1 Å². The fraction of sp³-hybridized carbons (Fsp3) is 0.739. The van der Waals surface area contributed by atoms with Crippen LogP contribution in [0.25, 0.3) is 0 Å². The molecule has 1 aromatic rings. The van der Waals surface area contributed by atoms with Gasteiger partial charge in [0.15, 0.2) is 0 Å². The molecule has 3 aliphatic heterocycles. The van der Waals surface area contributed by atoms with E-state index in [0.29, 0.717) is 6.04 Å². The van der Waals surface area contributed by atoms with E-state index in [4.69, 9.17) is 29.3 Å². The van der Waals surface area contributed by atoms with Crippen LogP contribution in [0.15, 0.2) is 18.5 Å². The Bertz CT molecular complexity index is 893. The van der Waals surface area contributed by atoms with Crippen LogP contribution in [0.5, 0.6) is 0 Å². The summed E-state index contributed by atoms with van der Waals surface area (Å²) in [5.41, 5.74) is 0.0249. The molecule has 2 atom stereocenters.